The monoisotopic (exact) mass is 276 g/mol. The molecule has 0 fully saturated rings. The molecule has 0 saturated heterocycles. The topological polar surface area (TPSA) is 49.9 Å². The number of rotatable bonds is 4. The lowest BCUT2D eigenvalue weighted by atomic mass is 10.1. The van der Waals surface area contributed by atoms with Crippen LogP contribution in [0.5, 0.6) is 0 Å². The van der Waals surface area contributed by atoms with Crippen molar-refractivity contribution in [3.8, 4) is 0 Å². The highest BCUT2D eigenvalue weighted by molar-refractivity contribution is 7.99. The Morgan fingerprint density at radius 1 is 1.39 bits per heavy atom. The lowest BCUT2D eigenvalue weighted by Crippen LogP contribution is -2.18. The summed E-state index contributed by atoms with van der Waals surface area (Å²) in [5.41, 5.74) is 4.10. The zero-order valence-corrected chi connectivity index (χ0v) is 11.0. The predicted molar refractivity (Wildman–Crippen MR) is 68.0 cm³/mol. The van der Waals surface area contributed by atoms with Gasteiger partial charge < -0.3 is 5.73 Å². The summed E-state index contributed by atoms with van der Waals surface area (Å²) in [6, 6.07) is 3.74. The van der Waals surface area contributed by atoms with Gasteiger partial charge in [0.1, 0.15) is 5.84 Å². The number of benzene rings is 1. The van der Waals surface area contributed by atoms with Crippen LogP contribution in [0.15, 0.2) is 23.1 Å². The van der Waals surface area contributed by atoms with Crippen molar-refractivity contribution in [2.24, 2.45) is 11.7 Å². The summed E-state index contributed by atoms with van der Waals surface area (Å²) in [4.78, 5) is 0.696. The molecule has 0 aliphatic carbocycles. The van der Waals surface area contributed by atoms with E-state index in [2.05, 4.69) is 0 Å². The maximum atomic E-state index is 12.7. The van der Waals surface area contributed by atoms with Gasteiger partial charge >= 0.3 is 6.18 Å². The third kappa shape index (κ3) is 3.94. The smallest absolute Gasteiger partial charge is 0.384 e. The van der Waals surface area contributed by atoms with Crippen LogP contribution in [-0.4, -0.2) is 11.6 Å². The Labute approximate surface area is 108 Å². The van der Waals surface area contributed by atoms with E-state index in [4.69, 9.17) is 11.1 Å². The Bertz CT molecular complexity index is 441. The number of hydrogen-bond acceptors (Lipinski definition) is 2. The van der Waals surface area contributed by atoms with Gasteiger partial charge in [0.15, 0.2) is 0 Å². The van der Waals surface area contributed by atoms with Crippen molar-refractivity contribution in [2.45, 2.75) is 24.9 Å². The van der Waals surface area contributed by atoms with Crippen LogP contribution in [0.1, 0.15) is 25.0 Å². The lowest BCUT2D eigenvalue weighted by Gasteiger charge is -2.13. The van der Waals surface area contributed by atoms with Crippen LogP contribution in [0.2, 0.25) is 0 Å². The Kier molecular flexibility index (Phi) is 4.67. The summed E-state index contributed by atoms with van der Waals surface area (Å²) in [5, 5.41) is 7.24. The quantitative estimate of drug-likeness (QED) is 0.500. The van der Waals surface area contributed by atoms with E-state index in [1.807, 2.05) is 13.8 Å². The number of hydrogen-bond donors (Lipinski definition) is 2. The first kappa shape index (κ1) is 14.9. The van der Waals surface area contributed by atoms with Crippen molar-refractivity contribution in [3.63, 3.8) is 0 Å². The van der Waals surface area contributed by atoms with E-state index in [0.717, 1.165) is 11.8 Å². The van der Waals surface area contributed by atoms with Crippen LogP contribution in [0, 0.1) is 11.3 Å². The fourth-order valence-corrected chi connectivity index (χ4v) is 2.24. The lowest BCUT2D eigenvalue weighted by molar-refractivity contribution is -0.137. The van der Waals surface area contributed by atoms with E-state index in [1.165, 1.54) is 23.9 Å². The van der Waals surface area contributed by atoms with Crippen molar-refractivity contribution in [1.82, 2.24) is 0 Å². The van der Waals surface area contributed by atoms with Crippen LogP contribution in [0.3, 0.4) is 0 Å². The van der Waals surface area contributed by atoms with Crippen LogP contribution < -0.4 is 5.73 Å². The molecule has 0 unspecified atom stereocenters. The van der Waals surface area contributed by atoms with Crippen molar-refractivity contribution >= 4 is 17.6 Å². The number of nitrogens with one attached hydrogen (secondary N) is 1. The van der Waals surface area contributed by atoms with E-state index in [-0.39, 0.29) is 5.56 Å². The molecular weight excluding hydrogens is 261 g/mol. The second-order valence-electron chi connectivity index (χ2n) is 4.32. The number of nitrogen functional groups attached to an aromatic ring is 1. The zero-order chi connectivity index (χ0) is 13.9. The summed E-state index contributed by atoms with van der Waals surface area (Å²) < 4.78 is 38.1. The average molecular weight is 276 g/mol. The summed E-state index contributed by atoms with van der Waals surface area (Å²) in [6.45, 7) is 4.06. The molecule has 0 aliphatic heterocycles. The van der Waals surface area contributed by atoms with Gasteiger partial charge in [0, 0.05) is 16.2 Å². The maximum Gasteiger partial charge on any atom is 0.417 e. The largest absolute Gasteiger partial charge is 0.417 e. The molecule has 0 heterocycles. The summed E-state index contributed by atoms with van der Waals surface area (Å²) in [7, 11) is 0. The fourth-order valence-electron chi connectivity index (χ4n) is 1.35. The number of halogens is 3. The molecule has 0 amide bonds. The van der Waals surface area contributed by atoms with Crippen LogP contribution in [0.4, 0.5) is 13.2 Å². The number of thioether (sulfide) groups is 1. The molecule has 1 aromatic rings. The minimum absolute atomic E-state index is 0.253. The molecule has 0 radical (unpaired) electrons. The highest BCUT2D eigenvalue weighted by atomic mass is 32.2. The normalized spacial score (nSPS) is 11.9. The summed E-state index contributed by atoms with van der Waals surface area (Å²) in [5.74, 6) is 0.690. The van der Waals surface area contributed by atoms with Gasteiger partial charge in [-0.1, -0.05) is 13.8 Å². The molecule has 100 valence electrons. The molecule has 0 bridgehead atoms. The molecule has 2 nitrogen and oxygen atoms in total. The molecule has 6 heteroatoms. The highest BCUT2D eigenvalue weighted by Crippen LogP contribution is 2.34. The third-order valence-electron chi connectivity index (χ3n) is 2.17. The van der Waals surface area contributed by atoms with Gasteiger partial charge in [-0.15, -0.1) is 11.8 Å². The van der Waals surface area contributed by atoms with Gasteiger partial charge in [-0.3, -0.25) is 5.41 Å². The molecule has 0 aromatic heterocycles. The molecule has 18 heavy (non-hydrogen) atoms. The molecule has 1 rings (SSSR count). The van der Waals surface area contributed by atoms with Gasteiger partial charge in [0.2, 0.25) is 0 Å². The van der Waals surface area contributed by atoms with Gasteiger partial charge in [-0.05, 0) is 24.1 Å². The average Bonchev–Trinajstić information content (AvgIpc) is 2.24. The Morgan fingerprint density at radius 3 is 2.44 bits per heavy atom. The van der Waals surface area contributed by atoms with E-state index in [1.54, 1.807) is 0 Å². The Morgan fingerprint density at radius 2 is 2.00 bits per heavy atom. The number of alkyl halides is 3. The number of nitrogens with two attached hydrogens (primary N) is 1. The SMILES string of the molecule is CC(C)CSc1ccc(C(F)(F)F)c(C(=N)N)c1. The van der Waals surface area contributed by atoms with Crippen molar-refractivity contribution < 1.29 is 13.2 Å². The zero-order valence-electron chi connectivity index (χ0n) is 10.1. The maximum absolute atomic E-state index is 12.7. The van der Waals surface area contributed by atoms with Gasteiger partial charge in [-0.2, -0.15) is 13.2 Å². The van der Waals surface area contributed by atoms with Crippen LogP contribution >= 0.6 is 11.8 Å². The minimum Gasteiger partial charge on any atom is -0.384 e. The first-order chi connectivity index (χ1) is 8.21. The standard InChI is InChI=1S/C12H15F3N2S/c1-7(2)6-18-8-3-4-10(12(13,14)15)9(5-8)11(16)17/h3-5,7H,6H2,1-2H3,(H3,16,17). The first-order valence-electron chi connectivity index (χ1n) is 5.40. The molecule has 0 saturated carbocycles. The van der Waals surface area contributed by atoms with E-state index in [0.29, 0.717) is 10.8 Å². The minimum atomic E-state index is -4.48. The highest BCUT2D eigenvalue weighted by Gasteiger charge is 2.34. The fraction of sp³-hybridized carbons (Fsp3) is 0.417. The van der Waals surface area contributed by atoms with Crippen LogP contribution in [-0.2, 0) is 6.18 Å². The molecule has 0 aliphatic rings. The van der Waals surface area contributed by atoms with Gasteiger partial charge in [0.25, 0.3) is 0 Å². The van der Waals surface area contributed by atoms with Crippen molar-refractivity contribution in [3.05, 3.63) is 29.3 Å². The third-order valence-corrected chi connectivity index (χ3v) is 3.59. The number of amidine groups is 1. The second kappa shape index (κ2) is 5.65. The Balaban J connectivity index is 3.08. The Hall–Kier alpha value is -1.17. The molecule has 0 spiro atoms. The van der Waals surface area contributed by atoms with Crippen molar-refractivity contribution in [1.29, 1.82) is 5.41 Å². The summed E-state index contributed by atoms with van der Waals surface area (Å²) >= 11 is 1.46. The molecule has 1 aromatic carbocycles. The molecule has 3 N–H and O–H groups in total. The van der Waals surface area contributed by atoms with Gasteiger partial charge in [-0.25, -0.2) is 0 Å². The molecular formula is C12H15F3N2S. The predicted octanol–water partition coefficient (Wildman–Crippen LogP) is 3.74. The van der Waals surface area contributed by atoms with Crippen LogP contribution in [0.25, 0.3) is 0 Å². The van der Waals surface area contributed by atoms with E-state index >= 15 is 0 Å². The van der Waals surface area contributed by atoms with E-state index in [9.17, 15) is 13.2 Å². The summed E-state index contributed by atoms with van der Waals surface area (Å²) in [6.07, 6.45) is -4.48. The molecule has 0 atom stereocenters. The van der Waals surface area contributed by atoms with Gasteiger partial charge in [0.05, 0.1) is 5.56 Å². The van der Waals surface area contributed by atoms with Crippen molar-refractivity contribution in [2.75, 3.05) is 5.75 Å². The second-order valence-corrected chi connectivity index (χ2v) is 5.42. The van der Waals surface area contributed by atoms with E-state index < -0.39 is 17.6 Å². The first-order valence-corrected chi connectivity index (χ1v) is 6.39.